The van der Waals surface area contributed by atoms with Crippen molar-refractivity contribution in [1.82, 2.24) is 0 Å². The third-order valence-corrected chi connectivity index (χ3v) is 3.96. The van der Waals surface area contributed by atoms with Crippen molar-refractivity contribution < 1.29 is 0 Å². The molecule has 1 aliphatic carbocycles. The lowest BCUT2D eigenvalue weighted by atomic mass is 9.63. The van der Waals surface area contributed by atoms with E-state index >= 15 is 0 Å². The average Bonchev–Trinajstić information content (AvgIpc) is 2.17. The maximum Gasteiger partial charge on any atom is 0.0409 e. The molecule has 2 heteroatoms. The van der Waals surface area contributed by atoms with E-state index in [-0.39, 0.29) is 5.41 Å². The number of rotatable bonds is 3. The summed E-state index contributed by atoms with van der Waals surface area (Å²) in [5.74, 6) is 0. The SMILES string of the molecule is CCc1ccc(Cl)cc1C1(CN)CCC1. The zero-order valence-corrected chi connectivity index (χ0v) is 9.98. The Hall–Kier alpha value is -0.530. The molecule has 0 radical (unpaired) electrons. The van der Waals surface area contributed by atoms with E-state index in [0.29, 0.717) is 0 Å². The summed E-state index contributed by atoms with van der Waals surface area (Å²) in [6.07, 6.45) is 4.80. The Morgan fingerprint density at radius 3 is 2.60 bits per heavy atom. The molecule has 0 saturated heterocycles. The van der Waals surface area contributed by atoms with Crippen molar-refractivity contribution in [3.05, 3.63) is 34.3 Å². The molecule has 1 aromatic rings. The van der Waals surface area contributed by atoms with Gasteiger partial charge >= 0.3 is 0 Å². The summed E-state index contributed by atoms with van der Waals surface area (Å²) in [5, 5.41) is 0.835. The maximum absolute atomic E-state index is 6.08. The molecule has 1 aromatic carbocycles. The van der Waals surface area contributed by atoms with Gasteiger partial charge in [-0.15, -0.1) is 0 Å². The molecule has 1 aliphatic rings. The molecule has 2 N–H and O–H groups in total. The van der Waals surface area contributed by atoms with Gasteiger partial charge in [-0.1, -0.05) is 31.0 Å². The van der Waals surface area contributed by atoms with E-state index < -0.39 is 0 Å². The van der Waals surface area contributed by atoms with Crippen LogP contribution in [0.4, 0.5) is 0 Å². The van der Waals surface area contributed by atoms with Crippen LogP contribution in [0.3, 0.4) is 0 Å². The molecule has 0 atom stereocenters. The summed E-state index contributed by atoms with van der Waals surface area (Å²) in [4.78, 5) is 0. The van der Waals surface area contributed by atoms with Gasteiger partial charge in [0.1, 0.15) is 0 Å². The van der Waals surface area contributed by atoms with Crippen molar-refractivity contribution in [3.63, 3.8) is 0 Å². The van der Waals surface area contributed by atoms with Gasteiger partial charge in [-0.25, -0.2) is 0 Å². The summed E-state index contributed by atoms with van der Waals surface area (Å²) >= 11 is 6.08. The molecule has 0 amide bonds. The summed E-state index contributed by atoms with van der Waals surface area (Å²) < 4.78 is 0. The molecule has 15 heavy (non-hydrogen) atoms. The maximum atomic E-state index is 6.08. The summed E-state index contributed by atoms with van der Waals surface area (Å²) in [6, 6.07) is 6.24. The molecule has 0 aliphatic heterocycles. The van der Waals surface area contributed by atoms with Gasteiger partial charge < -0.3 is 5.73 Å². The molecule has 2 rings (SSSR count). The van der Waals surface area contributed by atoms with Gasteiger partial charge in [0.2, 0.25) is 0 Å². The van der Waals surface area contributed by atoms with Crippen LogP contribution in [-0.4, -0.2) is 6.54 Å². The fraction of sp³-hybridized carbons (Fsp3) is 0.538. The zero-order valence-electron chi connectivity index (χ0n) is 9.22. The summed E-state index contributed by atoms with van der Waals surface area (Å²) in [6.45, 7) is 2.94. The largest absolute Gasteiger partial charge is 0.330 e. The highest BCUT2D eigenvalue weighted by Gasteiger charge is 2.38. The monoisotopic (exact) mass is 223 g/mol. The third-order valence-electron chi connectivity index (χ3n) is 3.73. The lowest BCUT2D eigenvalue weighted by molar-refractivity contribution is 0.251. The Morgan fingerprint density at radius 1 is 1.40 bits per heavy atom. The minimum Gasteiger partial charge on any atom is -0.330 e. The number of nitrogens with two attached hydrogens (primary N) is 1. The van der Waals surface area contributed by atoms with Gasteiger partial charge in [0.05, 0.1) is 0 Å². The Morgan fingerprint density at radius 2 is 2.13 bits per heavy atom. The van der Waals surface area contributed by atoms with Crippen LogP contribution in [0.5, 0.6) is 0 Å². The van der Waals surface area contributed by atoms with E-state index in [2.05, 4.69) is 19.1 Å². The molecular formula is C13H18ClN. The molecule has 1 nitrogen and oxygen atoms in total. The van der Waals surface area contributed by atoms with Gasteiger partial charge in [0, 0.05) is 17.0 Å². The first-order chi connectivity index (χ1) is 7.22. The van der Waals surface area contributed by atoms with Crippen LogP contribution in [0.2, 0.25) is 5.02 Å². The van der Waals surface area contributed by atoms with Gasteiger partial charge in [-0.3, -0.25) is 0 Å². The molecule has 0 heterocycles. The van der Waals surface area contributed by atoms with Crippen LogP contribution in [0, 0.1) is 0 Å². The Bertz CT molecular complexity index is 350. The van der Waals surface area contributed by atoms with E-state index in [4.69, 9.17) is 17.3 Å². The van der Waals surface area contributed by atoms with Crippen molar-refractivity contribution in [2.24, 2.45) is 5.73 Å². The molecule has 0 aromatic heterocycles. The summed E-state index contributed by atoms with van der Waals surface area (Å²) in [7, 11) is 0. The minimum atomic E-state index is 0.232. The van der Waals surface area contributed by atoms with Crippen LogP contribution in [0.1, 0.15) is 37.3 Å². The molecule has 0 bridgehead atoms. The Labute approximate surface area is 96.6 Å². The van der Waals surface area contributed by atoms with Crippen molar-refractivity contribution in [2.75, 3.05) is 6.54 Å². The lowest BCUT2D eigenvalue weighted by Crippen LogP contribution is -2.42. The topological polar surface area (TPSA) is 26.0 Å². The lowest BCUT2D eigenvalue weighted by Gasteiger charge is -2.42. The highest BCUT2D eigenvalue weighted by atomic mass is 35.5. The molecule has 1 fully saturated rings. The quantitative estimate of drug-likeness (QED) is 0.836. The van der Waals surface area contributed by atoms with Gasteiger partial charge in [0.25, 0.3) is 0 Å². The van der Waals surface area contributed by atoms with Crippen LogP contribution < -0.4 is 5.73 Å². The van der Waals surface area contributed by atoms with Gasteiger partial charge in [0.15, 0.2) is 0 Å². The normalized spacial score (nSPS) is 18.6. The standard InChI is InChI=1S/C13H18ClN/c1-2-10-4-5-11(14)8-12(10)13(9-15)6-3-7-13/h4-5,8H,2-3,6-7,9,15H2,1H3. The van der Waals surface area contributed by atoms with Crippen molar-refractivity contribution in [1.29, 1.82) is 0 Å². The Kier molecular flexibility index (Phi) is 3.03. The first kappa shape index (κ1) is 11.0. The van der Waals surface area contributed by atoms with Crippen molar-refractivity contribution >= 4 is 11.6 Å². The van der Waals surface area contributed by atoms with Gasteiger partial charge in [-0.2, -0.15) is 0 Å². The highest BCUT2D eigenvalue weighted by molar-refractivity contribution is 6.30. The van der Waals surface area contributed by atoms with E-state index in [1.54, 1.807) is 0 Å². The summed E-state index contributed by atoms with van der Waals surface area (Å²) in [5.41, 5.74) is 8.97. The number of aryl methyl sites for hydroxylation is 1. The number of hydrogen-bond donors (Lipinski definition) is 1. The van der Waals surface area contributed by atoms with Crippen LogP contribution >= 0.6 is 11.6 Å². The predicted octanol–water partition coefficient (Wildman–Crippen LogP) is 3.28. The highest BCUT2D eigenvalue weighted by Crippen LogP contribution is 2.44. The van der Waals surface area contributed by atoms with E-state index in [9.17, 15) is 0 Å². The zero-order chi connectivity index (χ0) is 10.9. The van der Waals surface area contributed by atoms with Gasteiger partial charge in [-0.05, 0) is 42.5 Å². The van der Waals surface area contributed by atoms with Crippen molar-refractivity contribution in [3.8, 4) is 0 Å². The second kappa shape index (κ2) is 4.15. The van der Waals surface area contributed by atoms with E-state index in [0.717, 1.165) is 18.0 Å². The first-order valence-corrected chi connectivity index (χ1v) is 6.08. The fourth-order valence-corrected chi connectivity index (χ4v) is 2.71. The van der Waals surface area contributed by atoms with Crippen LogP contribution in [-0.2, 0) is 11.8 Å². The second-order valence-electron chi connectivity index (χ2n) is 4.49. The number of benzene rings is 1. The Balaban J connectivity index is 2.44. The van der Waals surface area contributed by atoms with Crippen molar-refractivity contribution in [2.45, 2.75) is 38.0 Å². The molecule has 1 saturated carbocycles. The van der Waals surface area contributed by atoms with Crippen LogP contribution in [0.15, 0.2) is 18.2 Å². The smallest absolute Gasteiger partial charge is 0.0409 e. The molecule has 0 spiro atoms. The molecular weight excluding hydrogens is 206 g/mol. The van der Waals surface area contributed by atoms with Crippen LogP contribution in [0.25, 0.3) is 0 Å². The molecule has 0 unspecified atom stereocenters. The third kappa shape index (κ3) is 1.79. The predicted molar refractivity (Wildman–Crippen MR) is 65.4 cm³/mol. The van der Waals surface area contributed by atoms with E-state index in [1.165, 1.54) is 30.4 Å². The fourth-order valence-electron chi connectivity index (χ4n) is 2.54. The minimum absolute atomic E-state index is 0.232. The average molecular weight is 224 g/mol. The first-order valence-electron chi connectivity index (χ1n) is 5.71. The second-order valence-corrected chi connectivity index (χ2v) is 4.93. The van der Waals surface area contributed by atoms with E-state index in [1.807, 2.05) is 6.07 Å². The number of halogens is 1. The number of hydrogen-bond acceptors (Lipinski definition) is 1. The molecule has 82 valence electrons.